The highest BCUT2D eigenvalue weighted by molar-refractivity contribution is 5.95. The van der Waals surface area contributed by atoms with E-state index in [1.807, 2.05) is 19.1 Å². The Kier molecular flexibility index (Phi) is 2.25. The third-order valence-electron chi connectivity index (χ3n) is 2.33. The molecule has 1 aromatic carbocycles. The van der Waals surface area contributed by atoms with Crippen molar-refractivity contribution in [1.82, 2.24) is 10.2 Å². The quantitative estimate of drug-likeness (QED) is 0.772. The van der Waals surface area contributed by atoms with Crippen LogP contribution in [0.5, 0.6) is 0 Å². The summed E-state index contributed by atoms with van der Waals surface area (Å²) in [6.07, 6.45) is 3.48. The van der Waals surface area contributed by atoms with Gasteiger partial charge in [-0.15, -0.1) is 0 Å². The largest absolute Gasteiger partial charge is 0.366 e. The van der Waals surface area contributed by atoms with Crippen LogP contribution in [0.2, 0.25) is 0 Å². The number of aryl methyl sites for hydroxylation is 1. The standard InChI is InChI=1S/C11H11N3O/c1-7-2-3-8(4-10(7)11(12)15)9-5-13-14-6-9/h2-6H,1H3,(H2,12,15)(H,13,14). The van der Waals surface area contributed by atoms with Crippen molar-refractivity contribution in [3.63, 3.8) is 0 Å². The van der Waals surface area contributed by atoms with Crippen molar-refractivity contribution in [3.8, 4) is 11.1 Å². The van der Waals surface area contributed by atoms with Crippen LogP contribution in [0.15, 0.2) is 30.6 Å². The van der Waals surface area contributed by atoms with Gasteiger partial charge in [0.25, 0.3) is 0 Å². The topological polar surface area (TPSA) is 71.8 Å². The molecule has 1 aromatic heterocycles. The van der Waals surface area contributed by atoms with E-state index in [4.69, 9.17) is 5.73 Å². The molecule has 2 rings (SSSR count). The molecule has 0 aliphatic rings. The fourth-order valence-electron chi connectivity index (χ4n) is 1.48. The van der Waals surface area contributed by atoms with Crippen LogP contribution >= 0.6 is 0 Å². The fraction of sp³-hybridized carbons (Fsp3) is 0.0909. The molecule has 15 heavy (non-hydrogen) atoms. The molecular formula is C11H11N3O. The van der Waals surface area contributed by atoms with Crippen LogP contribution in [0.1, 0.15) is 15.9 Å². The highest BCUT2D eigenvalue weighted by Crippen LogP contribution is 2.20. The lowest BCUT2D eigenvalue weighted by Gasteiger charge is -2.03. The molecule has 0 radical (unpaired) electrons. The Bertz CT molecular complexity index is 489. The van der Waals surface area contributed by atoms with E-state index in [-0.39, 0.29) is 0 Å². The van der Waals surface area contributed by atoms with E-state index < -0.39 is 5.91 Å². The van der Waals surface area contributed by atoms with Gasteiger partial charge in [0.1, 0.15) is 0 Å². The SMILES string of the molecule is Cc1ccc(-c2cn[nH]c2)cc1C(N)=O. The van der Waals surface area contributed by atoms with Gasteiger partial charge in [0.2, 0.25) is 5.91 Å². The van der Waals surface area contributed by atoms with E-state index >= 15 is 0 Å². The smallest absolute Gasteiger partial charge is 0.248 e. The first-order valence-electron chi connectivity index (χ1n) is 4.58. The number of rotatable bonds is 2. The summed E-state index contributed by atoms with van der Waals surface area (Å²) in [7, 11) is 0. The summed E-state index contributed by atoms with van der Waals surface area (Å²) < 4.78 is 0. The molecule has 4 nitrogen and oxygen atoms in total. The normalized spacial score (nSPS) is 10.2. The van der Waals surface area contributed by atoms with Crippen LogP contribution in [-0.2, 0) is 0 Å². The highest BCUT2D eigenvalue weighted by atomic mass is 16.1. The molecule has 0 bridgehead atoms. The minimum Gasteiger partial charge on any atom is -0.366 e. The van der Waals surface area contributed by atoms with Crippen molar-refractivity contribution in [2.75, 3.05) is 0 Å². The van der Waals surface area contributed by atoms with E-state index in [2.05, 4.69) is 10.2 Å². The van der Waals surface area contributed by atoms with E-state index in [1.165, 1.54) is 0 Å². The van der Waals surface area contributed by atoms with Gasteiger partial charge in [0.05, 0.1) is 6.20 Å². The molecule has 4 heteroatoms. The van der Waals surface area contributed by atoms with Crippen molar-refractivity contribution in [3.05, 3.63) is 41.7 Å². The number of aromatic amines is 1. The van der Waals surface area contributed by atoms with Gasteiger partial charge in [-0.3, -0.25) is 9.89 Å². The summed E-state index contributed by atoms with van der Waals surface area (Å²) in [4.78, 5) is 11.1. The van der Waals surface area contributed by atoms with E-state index in [0.717, 1.165) is 16.7 Å². The number of aromatic nitrogens is 2. The number of carbonyl (C=O) groups excluding carboxylic acids is 1. The molecule has 0 spiro atoms. The number of H-pyrrole nitrogens is 1. The van der Waals surface area contributed by atoms with Crippen molar-refractivity contribution in [2.45, 2.75) is 6.92 Å². The molecule has 1 amide bonds. The Morgan fingerprint density at radius 3 is 2.80 bits per heavy atom. The summed E-state index contributed by atoms with van der Waals surface area (Å²) in [5, 5.41) is 6.58. The maximum atomic E-state index is 11.1. The second-order valence-electron chi connectivity index (χ2n) is 3.38. The van der Waals surface area contributed by atoms with Crippen LogP contribution in [-0.4, -0.2) is 16.1 Å². The molecule has 0 unspecified atom stereocenters. The number of nitrogens with zero attached hydrogens (tertiary/aromatic N) is 1. The van der Waals surface area contributed by atoms with Crippen LogP contribution in [0, 0.1) is 6.92 Å². The first kappa shape index (κ1) is 9.45. The van der Waals surface area contributed by atoms with Gasteiger partial charge in [-0.25, -0.2) is 0 Å². The Labute approximate surface area is 87.1 Å². The molecule has 2 aromatic rings. The van der Waals surface area contributed by atoms with Crippen LogP contribution in [0.25, 0.3) is 11.1 Å². The first-order chi connectivity index (χ1) is 7.18. The zero-order valence-corrected chi connectivity index (χ0v) is 8.32. The van der Waals surface area contributed by atoms with Gasteiger partial charge in [0, 0.05) is 17.3 Å². The van der Waals surface area contributed by atoms with Crippen molar-refractivity contribution in [2.24, 2.45) is 5.73 Å². The lowest BCUT2D eigenvalue weighted by atomic mass is 10.0. The second-order valence-corrected chi connectivity index (χ2v) is 3.38. The Hall–Kier alpha value is -2.10. The van der Waals surface area contributed by atoms with Crippen molar-refractivity contribution >= 4 is 5.91 Å². The minimum atomic E-state index is -0.405. The van der Waals surface area contributed by atoms with Gasteiger partial charge >= 0.3 is 0 Å². The lowest BCUT2D eigenvalue weighted by molar-refractivity contribution is 0.1000. The molecule has 0 aliphatic carbocycles. The van der Waals surface area contributed by atoms with E-state index in [1.54, 1.807) is 18.5 Å². The zero-order valence-electron chi connectivity index (χ0n) is 8.32. The molecule has 0 saturated carbocycles. The maximum absolute atomic E-state index is 11.1. The molecule has 0 saturated heterocycles. The van der Waals surface area contributed by atoms with Crippen LogP contribution in [0.3, 0.4) is 0 Å². The van der Waals surface area contributed by atoms with Crippen molar-refractivity contribution in [1.29, 1.82) is 0 Å². The minimum absolute atomic E-state index is 0.405. The summed E-state index contributed by atoms with van der Waals surface area (Å²) in [6, 6.07) is 5.59. The Balaban J connectivity index is 2.52. The first-order valence-corrected chi connectivity index (χ1v) is 4.58. The molecular weight excluding hydrogens is 190 g/mol. The predicted molar refractivity (Wildman–Crippen MR) is 57.3 cm³/mol. The molecule has 0 aliphatic heterocycles. The fourth-order valence-corrected chi connectivity index (χ4v) is 1.48. The molecule has 0 fully saturated rings. The average molecular weight is 201 g/mol. The van der Waals surface area contributed by atoms with Gasteiger partial charge in [-0.1, -0.05) is 12.1 Å². The summed E-state index contributed by atoms with van der Waals surface area (Å²) in [5.74, 6) is -0.405. The lowest BCUT2D eigenvalue weighted by Crippen LogP contribution is -2.12. The highest BCUT2D eigenvalue weighted by Gasteiger charge is 2.07. The number of primary amides is 1. The van der Waals surface area contributed by atoms with Gasteiger partial charge in [0.15, 0.2) is 0 Å². The van der Waals surface area contributed by atoms with Crippen molar-refractivity contribution < 1.29 is 4.79 Å². The predicted octanol–water partition coefficient (Wildman–Crippen LogP) is 1.48. The summed E-state index contributed by atoms with van der Waals surface area (Å²) in [5.41, 5.74) is 8.58. The van der Waals surface area contributed by atoms with Gasteiger partial charge in [-0.05, 0) is 24.1 Å². The molecule has 3 N–H and O–H groups in total. The Morgan fingerprint density at radius 2 is 2.20 bits per heavy atom. The molecule has 0 atom stereocenters. The van der Waals surface area contributed by atoms with Gasteiger partial charge in [-0.2, -0.15) is 5.10 Å². The molecule has 1 heterocycles. The second kappa shape index (κ2) is 3.57. The number of nitrogens with two attached hydrogens (primary N) is 1. The average Bonchev–Trinajstić information content (AvgIpc) is 2.71. The third kappa shape index (κ3) is 1.74. The zero-order chi connectivity index (χ0) is 10.8. The number of hydrogen-bond acceptors (Lipinski definition) is 2. The van der Waals surface area contributed by atoms with E-state index in [0.29, 0.717) is 5.56 Å². The third-order valence-corrected chi connectivity index (χ3v) is 2.33. The maximum Gasteiger partial charge on any atom is 0.248 e. The summed E-state index contributed by atoms with van der Waals surface area (Å²) >= 11 is 0. The van der Waals surface area contributed by atoms with Gasteiger partial charge < -0.3 is 5.73 Å². The number of nitrogens with one attached hydrogen (secondary N) is 1. The Morgan fingerprint density at radius 1 is 1.40 bits per heavy atom. The van der Waals surface area contributed by atoms with E-state index in [9.17, 15) is 4.79 Å². The number of hydrogen-bond donors (Lipinski definition) is 2. The number of carbonyl (C=O) groups is 1. The monoisotopic (exact) mass is 201 g/mol. The number of amides is 1. The van der Waals surface area contributed by atoms with Crippen LogP contribution < -0.4 is 5.73 Å². The summed E-state index contributed by atoms with van der Waals surface area (Å²) in [6.45, 7) is 1.86. The molecule has 76 valence electrons. The van der Waals surface area contributed by atoms with Crippen LogP contribution in [0.4, 0.5) is 0 Å². The number of benzene rings is 1.